The Kier molecular flexibility index (Phi) is 8.41. The number of nitrogens with one attached hydrogen (secondary N) is 1. The Morgan fingerprint density at radius 1 is 1.46 bits per heavy atom. The number of hydrogen-bond acceptors (Lipinski definition) is 5. The van der Waals surface area contributed by atoms with Gasteiger partial charge in [0.15, 0.2) is 5.01 Å². The molecule has 0 saturated carbocycles. The second-order valence-corrected chi connectivity index (χ2v) is 6.71. The first-order chi connectivity index (χ1) is 10.9. The highest BCUT2D eigenvalue weighted by atomic mass is 35.5. The lowest BCUT2D eigenvalue weighted by molar-refractivity contribution is -0.137. The van der Waals surface area contributed by atoms with Gasteiger partial charge in [0, 0.05) is 43.2 Å². The minimum absolute atomic E-state index is 0. The topological polar surface area (TPSA) is 71.2 Å². The smallest absolute Gasteiger partial charge is 0.354 e. The van der Waals surface area contributed by atoms with Crippen LogP contribution in [0, 0.1) is 0 Å². The molecule has 1 unspecified atom stereocenters. The molecule has 0 aliphatic carbocycles. The fraction of sp³-hybridized carbons (Fsp3) is 0.714. The Morgan fingerprint density at radius 2 is 2.21 bits per heavy atom. The summed E-state index contributed by atoms with van der Waals surface area (Å²) in [4.78, 5) is 17.7. The molecule has 5 nitrogen and oxygen atoms in total. The lowest BCUT2D eigenvalue weighted by Crippen LogP contribution is -2.46. The summed E-state index contributed by atoms with van der Waals surface area (Å²) < 4.78 is 37.8. The van der Waals surface area contributed by atoms with Crippen LogP contribution in [0.5, 0.6) is 0 Å². The average molecular weight is 387 g/mol. The summed E-state index contributed by atoms with van der Waals surface area (Å²) in [5.74, 6) is -0.0878. The van der Waals surface area contributed by atoms with Gasteiger partial charge >= 0.3 is 6.18 Å². The van der Waals surface area contributed by atoms with Gasteiger partial charge in [-0.15, -0.1) is 23.7 Å². The van der Waals surface area contributed by atoms with Crippen molar-refractivity contribution in [2.75, 3.05) is 19.6 Å². The number of likely N-dealkylation sites (tertiary alicyclic amines) is 1. The number of thiazole rings is 1. The summed E-state index contributed by atoms with van der Waals surface area (Å²) >= 11 is 0.686. The van der Waals surface area contributed by atoms with E-state index >= 15 is 0 Å². The molecule has 138 valence electrons. The van der Waals surface area contributed by atoms with Gasteiger partial charge < -0.3 is 11.1 Å². The van der Waals surface area contributed by atoms with Gasteiger partial charge in [-0.1, -0.05) is 6.42 Å². The van der Waals surface area contributed by atoms with E-state index in [4.69, 9.17) is 5.73 Å². The van der Waals surface area contributed by atoms with Crippen LogP contribution in [-0.4, -0.2) is 41.5 Å². The van der Waals surface area contributed by atoms with E-state index in [1.54, 1.807) is 0 Å². The molecule has 2 rings (SSSR count). The van der Waals surface area contributed by atoms with Crippen molar-refractivity contribution in [1.82, 2.24) is 15.2 Å². The molecule has 1 fully saturated rings. The van der Waals surface area contributed by atoms with Gasteiger partial charge in [0.2, 0.25) is 5.91 Å². The van der Waals surface area contributed by atoms with Crippen molar-refractivity contribution < 1.29 is 18.0 Å². The number of alkyl halides is 3. The molecule has 10 heteroatoms. The van der Waals surface area contributed by atoms with Crippen molar-refractivity contribution >= 4 is 29.7 Å². The summed E-state index contributed by atoms with van der Waals surface area (Å²) in [6.07, 6.45) is 0.194. The zero-order chi connectivity index (χ0) is 16.9. The summed E-state index contributed by atoms with van der Waals surface area (Å²) in [6, 6.07) is 0.141. The van der Waals surface area contributed by atoms with Crippen LogP contribution >= 0.6 is 23.7 Å². The van der Waals surface area contributed by atoms with Crippen molar-refractivity contribution in [3.8, 4) is 0 Å². The van der Waals surface area contributed by atoms with Gasteiger partial charge in [-0.05, 0) is 19.4 Å². The first-order valence-electron chi connectivity index (χ1n) is 7.63. The maximum Gasteiger partial charge on any atom is 0.443 e. The molecule has 24 heavy (non-hydrogen) atoms. The molecular weight excluding hydrogens is 365 g/mol. The van der Waals surface area contributed by atoms with Gasteiger partial charge in [0.1, 0.15) is 0 Å². The molecule has 1 aromatic rings. The maximum absolute atomic E-state index is 12.6. The van der Waals surface area contributed by atoms with Crippen molar-refractivity contribution in [3.05, 3.63) is 16.1 Å². The molecule has 1 aromatic heterocycles. The summed E-state index contributed by atoms with van der Waals surface area (Å²) in [5, 5.41) is 2.04. The third-order valence-corrected chi connectivity index (χ3v) is 4.84. The van der Waals surface area contributed by atoms with Gasteiger partial charge in [-0.25, -0.2) is 4.98 Å². The first kappa shape index (κ1) is 21.1. The summed E-state index contributed by atoms with van der Waals surface area (Å²) in [5.41, 5.74) is 5.34. The second kappa shape index (κ2) is 9.55. The highest BCUT2D eigenvalue weighted by Gasteiger charge is 2.35. The molecule has 0 aromatic carbocycles. The Morgan fingerprint density at radius 3 is 2.83 bits per heavy atom. The third-order valence-electron chi connectivity index (χ3n) is 3.81. The quantitative estimate of drug-likeness (QED) is 0.787. The molecule has 0 spiro atoms. The maximum atomic E-state index is 12.6. The normalized spacial score (nSPS) is 18.9. The van der Waals surface area contributed by atoms with Crippen molar-refractivity contribution in [1.29, 1.82) is 0 Å². The highest BCUT2D eigenvalue weighted by Crippen LogP contribution is 2.33. The first-order valence-corrected chi connectivity index (χ1v) is 8.44. The van der Waals surface area contributed by atoms with Crippen LogP contribution in [0.4, 0.5) is 13.2 Å². The number of amides is 1. The van der Waals surface area contributed by atoms with Crippen LogP contribution in [0.1, 0.15) is 35.6 Å². The standard InChI is InChI=1S/C14H21F3N4OS.ClH/c15-14(16,17)13-20-8-11(23-13)9-21-6-2-1-3-10(21)7-19-12(22)4-5-18;/h8,10H,1-7,9,18H2,(H,19,22);1H. The molecule has 3 N–H and O–H groups in total. The van der Waals surface area contributed by atoms with Crippen LogP contribution in [0.3, 0.4) is 0 Å². The lowest BCUT2D eigenvalue weighted by atomic mass is 10.0. The zero-order valence-corrected chi connectivity index (χ0v) is 14.8. The van der Waals surface area contributed by atoms with E-state index in [9.17, 15) is 18.0 Å². The van der Waals surface area contributed by atoms with Gasteiger partial charge in [0.05, 0.1) is 0 Å². The number of aromatic nitrogens is 1. The van der Waals surface area contributed by atoms with Crippen molar-refractivity contribution in [3.63, 3.8) is 0 Å². The van der Waals surface area contributed by atoms with E-state index in [1.165, 1.54) is 6.20 Å². The molecule has 1 saturated heterocycles. The van der Waals surface area contributed by atoms with E-state index in [0.29, 0.717) is 35.8 Å². The number of carbonyl (C=O) groups is 1. The number of rotatable bonds is 6. The molecule has 0 bridgehead atoms. The number of piperidine rings is 1. The zero-order valence-electron chi connectivity index (χ0n) is 13.1. The Hall–Kier alpha value is -0.900. The second-order valence-electron chi connectivity index (χ2n) is 5.59. The van der Waals surface area contributed by atoms with Gasteiger partial charge in [-0.3, -0.25) is 9.69 Å². The number of nitrogens with two attached hydrogens (primary N) is 1. The Bertz CT molecular complexity index is 526. The molecule has 0 radical (unpaired) electrons. The lowest BCUT2D eigenvalue weighted by Gasteiger charge is -2.35. The predicted molar refractivity (Wildman–Crippen MR) is 89.1 cm³/mol. The molecule has 1 amide bonds. The predicted octanol–water partition coefficient (Wildman–Crippen LogP) is 2.40. The summed E-state index contributed by atoms with van der Waals surface area (Å²) in [6.45, 7) is 2.06. The Balaban J connectivity index is 0.00000288. The van der Waals surface area contributed by atoms with E-state index in [-0.39, 0.29) is 30.8 Å². The minimum Gasteiger partial charge on any atom is -0.354 e. The van der Waals surface area contributed by atoms with Crippen LogP contribution in [-0.2, 0) is 17.5 Å². The van der Waals surface area contributed by atoms with Crippen LogP contribution in [0.2, 0.25) is 0 Å². The monoisotopic (exact) mass is 386 g/mol. The fourth-order valence-corrected chi connectivity index (χ4v) is 3.47. The van der Waals surface area contributed by atoms with Gasteiger partial charge in [0.25, 0.3) is 0 Å². The number of nitrogens with zero attached hydrogens (tertiary/aromatic N) is 2. The van der Waals surface area contributed by atoms with Crippen molar-refractivity contribution in [2.45, 2.75) is 44.4 Å². The van der Waals surface area contributed by atoms with E-state index in [1.807, 2.05) is 0 Å². The largest absolute Gasteiger partial charge is 0.443 e. The molecule has 1 atom stereocenters. The average Bonchev–Trinajstić information content (AvgIpc) is 2.95. The third kappa shape index (κ3) is 6.19. The molecular formula is C14H22ClF3N4OS. The molecule has 1 aliphatic heterocycles. The van der Waals surface area contributed by atoms with E-state index in [2.05, 4.69) is 15.2 Å². The number of carbonyl (C=O) groups excluding carboxylic acids is 1. The van der Waals surface area contributed by atoms with Crippen LogP contribution < -0.4 is 11.1 Å². The number of hydrogen-bond donors (Lipinski definition) is 2. The Labute approximate surface area is 149 Å². The van der Waals surface area contributed by atoms with Crippen LogP contribution in [0.25, 0.3) is 0 Å². The fourth-order valence-electron chi connectivity index (χ4n) is 2.66. The van der Waals surface area contributed by atoms with Gasteiger partial charge in [-0.2, -0.15) is 13.2 Å². The van der Waals surface area contributed by atoms with E-state index in [0.717, 1.165) is 25.8 Å². The van der Waals surface area contributed by atoms with Crippen molar-refractivity contribution in [2.24, 2.45) is 5.73 Å². The summed E-state index contributed by atoms with van der Waals surface area (Å²) in [7, 11) is 0. The molecule has 1 aliphatic rings. The minimum atomic E-state index is -4.39. The highest BCUT2D eigenvalue weighted by molar-refractivity contribution is 7.11. The van der Waals surface area contributed by atoms with E-state index < -0.39 is 11.2 Å². The molecule has 2 heterocycles. The van der Waals surface area contributed by atoms with Crippen LogP contribution in [0.15, 0.2) is 6.20 Å². The number of halogens is 4. The SMILES string of the molecule is Cl.NCCC(=O)NCC1CCCCN1Cc1cnc(C(F)(F)F)s1.